The number of hydrogen-bond donors (Lipinski definition) is 2. The Hall–Kier alpha value is -1.63. The Morgan fingerprint density at radius 2 is 2.22 bits per heavy atom. The van der Waals surface area contributed by atoms with E-state index in [9.17, 15) is 14.4 Å². The Morgan fingerprint density at radius 3 is 2.72 bits per heavy atom. The molecule has 0 aromatic rings. The molecule has 2 atom stereocenters. The molecule has 18 heavy (non-hydrogen) atoms. The second-order valence-electron chi connectivity index (χ2n) is 3.97. The number of carboxylic acids is 1. The van der Waals surface area contributed by atoms with Crippen molar-refractivity contribution in [3.63, 3.8) is 0 Å². The summed E-state index contributed by atoms with van der Waals surface area (Å²) in [5, 5.41) is 11.3. The first-order chi connectivity index (χ1) is 8.54. The van der Waals surface area contributed by atoms with Crippen LogP contribution in [-0.2, 0) is 23.9 Å². The fraction of sp³-hybridized carbons (Fsp3) is 0.727. The molecule has 0 spiro atoms. The van der Waals surface area contributed by atoms with Crippen LogP contribution in [0.15, 0.2) is 0 Å². The maximum absolute atomic E-state index is 11.7. The SMILES string of the molecule is CCOC(=O)C[C@H](NC(=O)[C@H]1CCOC1)C(=O)O. The molecule has 1 amide bonds. The number of hydrogen-bond acceptors (Lipinski definition) is 5. The van der Waals surface area contributed by atoms with Crippen molar-refractivity contribution in [1.29, 1.82) is 0 Å². The minimum atomic E-state index is -1.25. The summed E-state index contributed by atoms with van der Waals surface area (Å²) in [4.78, 5) is 33.8. The van der Waals surface area contributed by atoms with E-state index in [1.165, 1.54) is 0 Å². The maximum Gasteiger partial charge on any atom is 0.326 e. The zero-order valence-corrected chi connectivity index (χ0v) is 10.2. The largest absolute Gasteiger partial charge is 0.480 e. The highest BCUT2D eigenvalue weighted by Crippen LogP contribution is 2.12. The second kappa shape index (κ2) is 6.95. The molecule has 1 saturated heterocycles. The van der Waals surface area contributed by atoms with E-state index in [2.05, 4.69) is 10.1 Å². The van der Waals surface area contributed by atoms with Gasteiger partial charge in [-0.25, -0.2) is 4.79 Å². The molecule has 2 N–H and O–H groups in total. The van der Waals surface area contributed by atoms with Crippen LogP contribution < -0.4 is 5.32 Å². The molecular formula is C11H17NO6. The predicted molar refractivity (Wildman–Crippen MR) is 59.7 cm³/mol. The van der Waals surface area contributed by atoms with Crippen LogP contribution in [0.1, 0.15) is 19.8 Å². The van der Waals surface area contributed by atoms with Gasteiger partial charge in [0.25, 0.3) is 0 Å². The Bertz CT molecular complexity index is 323. The molecule has 7 nitrogen and oxygen atoms in total. The van der Waals surface area contributed by atoms with E-state index in [4.69, 9.17) is 9.84 Å². The van der Waals surface area contributed by atoms with E-state index in [-0.39, 0.29) is 25.6 Å². The lowest BCUT2D eigenvalue weighted by molar-refractivity contribution is -0.150. The summed E-state index contributed by atoms with van der Waals surface area (Å²) in [5.74, 6) is -2.64. The van der Waals surface area contributed by atoms with Crippen molar-refractivity contribution in [2.24, 2.45) is 5.92 Å². The van der Waals surface area contributed by atoms with Gasteiger partial charge in [-0.3, -0.25) is 9.59 Å². The molecule has 1 aliphatic heterocycles. The monoisotopic (exact) mass is 259 g/mol. The van der Waals surface area contributed by atoms with Gasteiger partial charge in [0.05, 0.1) is 25.6 Å². The molecule has 0 saturated carbocycles. The Labute approximate surface area is 104 Å². The Kier molecular flexibility index (Phi) is 5.57. The lowest BCUT2D eigenvalue weighted by atomic mass is 10.1. The van der Waals surface area contributed by atoms with E-state index in [0.29, 0.717) is 13.0 Å². The average Bonchev–Trinajstić information content (AvgIpc) is 2.81. The zero-order valence-electron chi connectivity index (χ0n) is 10.2. The van der Waals surface area contributed by atoms with Crippen LogP contribution in [-0.4, -0.2) is 48.8 Å². The van der Waals surface area contributed by atoms with Crippen molar-refractivity contribution < 1.29 is 29.0 Å². The van der Waals surface area contributed by atoms with Crippen LogP contribution in [0, 0.1) is 5.92 Å². The number of esters is 1. The predicted octanol–water partition coefficient (Wildman–Crippen LogP) is -0.454. The number of amides is 1. The topological polar surface area (TPSA) is 102 Å². The lowest BCUT2D eigenvalue weighted by Gasteiger charge is -2.15. The number of rotatable bonds is 6. The molecule has 1 aliphatic rings. The van der Waals surface area contributed by atoms with E-state index < -0.39 is 23.9 Å². The average molecular weight is 259 g/mol. The van der Waals surface area contributed by atoms with Crippen LogP contribution in [0.2, 0.25) is 0 Å². The first-order valence-electron chi connectivity index (χ1n) is 5.81. The Morgan fingerprint density at radius 1 is 1.50 bits per heavy atom. The van der Waals surface area contributed by atoms with Crippen LogP contribution >= 0.6 is 0 Å². The highest BCUT2D eigenvalue weighted by atomic mass is 16.5. The molecule has 7 heteroatoms. The maximum atomic E-state index is 11.7. The van der Waals surface area contributed by atoms with Gasteiger partial charge >= 0.3 is 11.9 Å². The van der Waals surface area contributed by atoms with Gasteiger partial charge in [-0.05, 0) is 13.3 Å². The second-order valence-corrected chi connectivity index (χ2v) is 3.97. The molecule has 1 fully saturated rings. The van der Waals surface area contributed by atoms with Crippen molar-refractivity contribution >= 4 is 17.8 Å². The van der Waals surface area contributed by atoms with Crippen molar-refractivity contribution in [2.45, 2.75) is 25.8 Å². The van der Waals surface area contributed by atoms with Crippen LogP contribution in [0.5, 0.6) is 0 Å². The first-order valence-corrected chi connectivity index (χ1v) is 5.81. The third kappa shape index (κ3) is 4.33. The summed E-state index contributed by atoms with van der Waals surface area (Å²) in [7, 11) is 0. The fourth-order valence-electron chi connectivity index (χ4n) is 1.62. The quantitative estimate of drug-likeness (QED) is 0.626. The van der Waals surface area contributed by atoms with Gasteiger partial charge in [0, 0.05) is 6.61 Å². The van der Waals surface area contributed by atoms with Crippen LogP contribution in [0.3, 0.4) is 0 Å². The van der Waals surface area contributed by atoms with Gasteiger partial charge in [-0.2, -0.15) is 0 Å². The number of carboxylic acid groups (broad SMARTS) is 1. The summed E-state index contributed by atoms with van der Waals surface area (Å²) in [5.41, 5.74) is 0. The van der Waals surface area contributed by atoms with Gasteiger partial charge in [-0.15, -0.1) is 0 Å². The van der Waals surface area contributed by atoms with E-state index in [0.717, 1.165) is 0 Å². The number of carbonyl (C=O) groups is 3. The van der Waals surface area contributed by atoms with Crippen molar-refractivity contribution in [1.82, 2.24) is 5.32 Å². The minimum Gasteiger partial charge on any atom is -0.480 e. The molecule has 0 aromatic carbocycles. The highest BCUT2D eigenvalue weighted by molar-refractivity contribution is 5.88. The molecule has 0 aromatic heterocycles. The van der Waals surface area contributed by atoms with E-state index >= 15 is 0 Å². The van der Waals surface area contributed by atoms with Gasteiger partial charge in [0.2, 0.25) is 5.91 Å². The molecule has 1 rings (SSSR count). The summed E-state index contributed by atoms with van der Waals surface area (Å²) < 4.78 is 9.69. The number of carbonyl (C=O) groups excluding carboxylic acids is 2. The molecule has 0 unspecified atom stereocenters. The molecule has 1 heterocycles. The standard InChI is InChI=1S/C11H17NO6/c1-2-18-9(13)5-8(11(15)16)12-10(14)7-3-4-17-6-7/h7-8H,2-6H2,1H3,(H,12,14)(H,15,16)/t7-,8-/m0/s1. The molecule has 0 aliphatic carbocycles. The zero-order chi connectivity index (χ0) is 13.5. The minimum absolute atomic E-state index is 0.176. The van der Waals surface area contributed by atoms with Gasteiger partial charge < -0.3 is 19.9 Å². The first kappa shape index (κ1) is 14.4. The number of nitrogens with one attached hydrogen (secondary N) is 1. The van der Waals surface area contributed by atoms with E-state index in [1.54, 1.807) is 6.92 Å². The summed E-state index contributed by atoms with van der Waals surface area (Å²) in [6.45, 7) is 2.59. The summed E-state index contributed by atoms with van der Waals surface area (Å²) in [6, 6.07) is -1.25. The molecule has 0 bridgehead atoms. The summed E-state index contributed by atoms with van der Waals surface area (Å²) in [6.07, 6.45) is 0.195. The highest BCUT2D eigenvalue weighted by Gasteiger charge is 2.29. The Balaban J connectivity index is 2.49. The lowest BCUT2D eigenvalue weighted by Crippen LogP contribution is -2.45. The van der Waals surface area contributed by atoms with Crippen LogP contribution in [0.4, 0.5) is 0 Å². The van der Waals surface area contributed by atoms with Gasteiger partial charge in [0.15, 0.2) is 0 Å². The van der Waals surface area contributed by atoms with Crippen molar-refractivity contribution in [3.8, 4) is 0 Å². The van der Waals surface area contributed by atoms with Gasteiger partial charge in [0.1, 0.15) is 6.04 Å². The fourth-order valence-corrected chi connectivity index (χ4v) is 1.62. The molecule has 0 radical (unpaired) electrons. The van der Waals surface area contributed by atoms with Crippen LogP contribution in [0.25, 0.3) is 0 Å². The summed E-state index contributed by atoms with van der Waals surface area (Å²) >= 11 is 0. The molecule has 102 valence electrons. The van der Waals surface area contributed by atoms with Crippen molar-refractivity contribution in [2.75, 3.05) is 19.8 Å². The molecular weight excluding hydrogens is 242 g/mol. The third-order valence-electron chi connectivity index (χ3n) is 2.59. The van der Waals surface area contributed by atoms with Crippen molar-refractivity contribution in [3.05, 3.63) is 0 Å². The number of ether oxygens (including phenoxy) is 2. The number of aliphatic carboxylic acids is 1. The smallest absolute Gasteiger partial charge is 0.326 e. The van der Waals surface area contributed by atoms with Gasteiger partial charge in [-0.1, -0.05) is 0 Å². The third-order valence-corrected chi connectivity index (χ3v) is 2.59. The normalized spacial score (nSPS) is 20.2. The van der Waals surface area contributed by atoms with E-state index in [1.807, 2.05) is 0 Å².